The van der Waals surface area contributed by atoms with Crippen LogP contribution in [0.1, 0.15) is 31.4 Å². The van der Waals surface area contributed by atoms with Crippen LogP contribution in [-0.4, -0.2) is 54.0 Å². The monoisotopic (exact) mass is 474 g/mol. The first-order valence-corrected chi connectivity index (χ1v) is 11.5. The average molecular weight is 475 g/mol. The zero-order valence-electron chi connectivity index (χ0n) is 17.8. The third kappa shape index (κ3) is 4.35. The molecule has 1 atom stereocenters. The Labute approximate surface area is 194 Å². The van der Waals surface area contributed by atoms with Crippen LogP contribution in [0.5, 0.6) is 0 Å². The highest BCUT2D eigenvalue weighted by molar-refractivity contribution is 7.19. The number of fused-ring (bicyclic) bond motifs is 2. The molecule has 4 rings (SSSR count). The number of aromatic nitrogens is 1. The molecule has 8 nitrogen and oxygen atoms in total. The standard InChI is InChI=1S/C22H23ClN4O4S/c1-3-31-19(29)7-5-15-4-6-17-16(10-15)22(8-9-26(12-22)14(2)28)13-27(17)21(30)25-20-24-11-18(23)32-20/h4-7,10-11H,3,8-9,12-13H2,1-2H3,(H,24,25,30)/b7-5+. The normalized spacial score (nSPS) is 19.6. The zero-order chi connectivity index (χ0) is 22.9. The van der Waals surface area contributed by atoms with Gasteiger partial charge in [0.25, 0.3) is 0 Å². The number of ether oxygens (including phenoxy) is 1. The molecule has 2 aliphatic heterocycles. The second kappa shape index (κ2) is 8.91. The fraction of sp³-hybridized carbons (Fsp3) is 0.364. The molecule has 0 saturated carbocycles. The van der Waals surface area contributed by atoms with E-state index in [-0.39, 0.29) is 17.4 Å². The maximum Gasteiger partial charge on any atom is 0.330 e. The molecule has 3 amide bonds. The van der Waals surface area contributed by atoms with E-state index in [4.69, 9.17) is 16.3 Å². The summed E-state index contributed by atoms with van der Waals surface area (Å²) in [5.41, 5.74) is 2.22. The molecule has 1 N–H and O–H groups in total. The number of amides is 3. The van der Waals surface area contributed by atoms with Gasteiger partial charge in [-0.05, 0) is 42.7 Å². The number of esters is 1. The highest BCUT2D eigenvalue weighted by Gasteiger charge is 2.49. The summed E-state index contributed by atoms with van der Waals surface area (Å²) in [4.78, 5) is 44.4. The minimum atomic E-state index is -0.408. The summed E-state index contributed by atoms with van der Waals surface area (Å²) in [5.74, 6) is -0.392. The number of anilines is 2. The minimum absolute atomic E-state index is 0.0158. The number of rotatable bonds is 4. The van der Waals surface area contributed by atoms with Gasteiger partial charge in [0.15, 0.2) is 5.13 Å². The summed E-state index contributed by atoms with van der Waals surface area (Å²) in [7, 11) is 0. The summed E-state index contributed by atoms with van der Waals surface area (Å²) < 4.78 is 5.44. The Bertz CT molecular complexity index is 1100. The molecule has 10 heteroatoms. The Morgan fingerprint density at radius 1 is 1.34 bits per heavy atom. The van der Waals surface area contributed by atoms with Crippen LogP contribution < -0.4 is 10.2 Å². The van der Waals surface area contributed by atoms with E-state index in [9.17, 15) is 14.4 Å². The first-order valence-electron chi connectivity index (χ1n) is 10.3. The Hall–Kier alpha value is -2.91. The number of carbonyl (C=O) groups excluding carboxylic acids is 3. The molecule has 32 heavy (non-hydrogen) atoms. The predicted octanol–water partition coefficient (Wildman–Crippen LogP) is 3.91. The van der Waals surface area contributed by atoms with Crippen molar-refractivity contribution < 1.29 is 19.1 Å². The number of likely N-dealkylation sites (tertiary alicyclic amines) is 1. The molecular weight excluding hydrogens is 452 g/mol. The fourth-order valence-corrected chi connectivity index (χ4v) is 5.09. The summed E-state index contributed by atoms with van der Waals surface area (Å²) in [5, 5.41) is 3.23. The van der Waals surface area contributed by atoms with Crippen LogP contribution in [0.15, 0.2) is 30.5 Å². The van der Waals surface area contributed by atoms with Gasteiger partial charge in [-0.15, -0.1) is 0 Å². The summed E-state index contributed by atoms with van der Waals surface area (Å²) in [6.07, 6.45) is 5.33. The molecule has 0 aliphatic carbocycles. The van der Waals surface area contributed by atoms with Crippen molar-refractivity contribution in [1.29, 1.82) is 0 Å². The number of thiazole rings is 1. The van der Waals surface area contributed by atoms with Crippen molar-refractivity contribution in [1.82, 2.24) is 9.88 Å². The summed E-state index contributed by atoms with van der Waals surface area (Å²) >= 11 is 7.12. The van der Waals surface area contributed by atoms with Gasteiger partial charge in [0, 0.05) is 43.7 Å². The first kappa shape index (κ1) is 22.3. The number of urea groups is 1. The van der Waals surface area contributed by atoms with E-state index in [0.717, 1.165) is 23.2 Å². The lowest BCUT2D eigenvalue weighted by molar-refractivity contribution is -0.137. The number of carbonyl (C=O) groups is 3. The van der Waals surface area contributed by atoms with Gasteiger partial charge in [-0.3, -0.25) is 15.0 Å². The molecule has 0 bridgehead atoms. The maximum absolute atomic E-state index is 13.1. The molecule has 1 aromatic carbocycles. The summed E-state index contributed by atoms with van der Waals surface area (Å²) in [6.45, 7) is 5.24. The van der Waals surface area contributed by atoms with Gasteiger partial charge in [-0.2, -0.15) is 0 Å². The molecule has 3 heterocycles. The molecule has 1 aromatic heterocycles. The highest BCUT2D eigenvalue weighted by atomic mass is 35.5. The van der Waals surface area contributed by atoms with Crippen molar-refractivity contribution in [3.63, 3.8) is 0 Å². The van der Waals surface area contributed by atoms with Crippen molar-refractivity contribution in [3.8, 4) is 0 Å². The highest BCUT2D eigenvalue weighted by Crippen LogP contribution is 2.47. The van der Waals surface area contributed by atoms with Crippen molar-refractivity contribution in [3.05, 3.63) is 45.9 Å². The Kier molecular flexibility index (Phi) is 6.21. The van der Waals surface area contributed by atoms with E-state index in [1.54, 1.807) is 24.8 Å². The van der Waals surface area contributed by atoms with Crippen LogP contribution >= 0.6 is 22.9 Å². The molecule has 168 valence electrons. The van der Waals surface area contributed by atoms with E-state index in [0.29, 0.717) is 35.7 Å². The largest absolute Gasteiger partial charge is 0.463 e. The smallest absolute Gasteiger partial charge is 0.330 e. The van der Waals surface area contributed by atoms with Crippen molar-refractivity contribution in [2.24, 2.45) is 0 Å². The fourth-order valence-electron chi connectivity index (χ4n) is 4.29. The van der Waals surface area contributed by atoms with Gasteiger partial charge in [0.05, 0.1) is 12.8 Å². The third-order valence-corrected chi connectivity index (χ3v) is 6.81. The first-order chi connectivity index (χ1) is 15.3. The number of nitrogens with zero attached hydrogens (tertiary/aromatic N) is 3. The SMILES string of the molecule is CCOC(=O)/C=C/c1ccc2c(c1)C1(CCN(C(C)=O)C1)CN2C(=O)Nc1ncc(Cl)s1. The van der Waals surface area contributed by atoms with Crippen LogP contribution in [0.3, 0.4) is 0 Å². The van der Waals surface area contributed by atoms with Crippen LogP contribution in [0.2, 0.25) is 4.34 Å². The average Bonchev–Trinajstić information content (AvgIpc) is 3.45. The maximum atomic E-state index is 13.1. The van der Waals surface area contributed by atoms with Crippen molar-refractivity contribution in [2.45, 2.75) is 25.7 Å². The zero-order valence-corrected chi connectivity index (χ0v) is 19.3. The van der Waals surface area contributed by atoms with E-state index in [2.05, 4.69) is 10.3 Å². The van der Waals surface area contributed by atoms with Crippen molar-refractivity contribution in [2.75, 3.05) is 36.5 Å². The molecule has 2 aliphatic rings. The van der Waals surface area contributed by atoms with Crippen LogP contribution in [-0.2, 0) is 19.7 Å². The molecule has 1 saturated heterocycles. The Balaban J connectivity index is 1.66. The van der Waals surface area contributed by atoms with Gasteiger partial charge in [-0.1, -0.05) is 29.0 Å². The quantitative estimate of drug-likeness (QED) is 0.535. The van der Waals surface area contributed by atoms with Gasteiger partial charge in [0.1, 0.15) is 4.34 Å². The molecule has 2 aromatic rings. The minimum Gasteiger partial charge on any atom is -0.463 e. The number of hydrogen-bond acceptors (Lipinski definition) is 6. The molecule has 1 fully saturated rings. The lowest BCUT2D eigenvalue weighted by Crippen LogP contribution is -2.41. The number of nitrogens with one attached hydrogen (secondary N) is 1. The van der Waals surface area contributed by atoms with E-state index < -0.39 is 5.97 Å². The van der Waals surface area contributed by atoms with Gasteiger partial charge >= 0.3 is 12.0 Å². The van der Waals surface area contributed by atoms with Gasteiger partial charge in [-0.25, -0.2) is 14.6 Å². The van der Waals surface area contributed by atoms with Gasteiger partial charge in [0.2, 0.25) is 5.91 Å². The molecule has 1 spiro atoms. The third-order valence-electron chi connectivity index (χ3n) is 5.78. The van der Waals surface area contributed by atoms with Crippen LogP contribution in [0, 0.1) is 0 Å². The molecule has 1 unspecified atom stereocenters. The lowest BCUT2D eigenvalue weighted by atomic mass is 9.81. The number of hydrogen-bond donors (Lipinski definition) is 1. The van der Waals surface area contributed by atoms with E-state index in [1.165, 1.54) is 23.6 Å². The van der Waals surface area contributed by atoms with Gasteiger partial charge < -0.3 is 9.64 Å². The second-order valence-electron chi connectivity index (χ2n) is 7.82. The lowest BCUT2D eigenvalue weighted by Gasteiger charge is -2.25. The van der Waals surface area contributed by atoms with Crippen LogP contribution in [0.25, 0.3) is 6.08 Å². The Morgan fingerprint density at radius 2 is 2.16 bits per heavy atom. The topological polar surface area (TPSA) is 91.8 Å². The summed E-state index contributed by atoms with van der Waals surface area (Å²) in [6, 6.07) is 5.42. The Morgan fingerprint density at radius 3 is 2.81 bits per heavy atom. The van der Waals surface area contributed by atoms with Crippen LogP contribution in [0.4, 0.5) is 15.6 Å². The molecular formula is C22H23ClN4O4S. The molecule has 0 radical (unpaired) electrons. The van der Waals surface area contributed by atoms with Crippen molar-refractivity contribution >= 4 is 57.7 Å². The number of halogens is 1. The number of benzene rings is 1. The van der Waals surface area contributed by atoms with E-state index >= 15 is 0 Å². The van der Waals surface area contributed by atoms with E-state index in [1.807, 2.05) is 23.1 Å². The predicted molar refractivity (Wildman–Crippen MR) is 124 cm³/mol. The second-order valence-corrected chi connectivity index (χ2v) is 9.48.